The maximum atomic E-state index is 12.4. The monoisotopic (exact) mass is 300 g/mol. The van der Waals surface area contributed by atoms with Gasteiger partial charge in [-0.3, -0.25) is 4.79 Å². The second kappa shape index (κ2) is 7.04. The highest BCUT2D eigenvalue weighted by molar-refractivity contribution is 7.99. The Kier molecular flexibility index (Phi) is 5.37. The summed E-state index contributed by atoms with van der Waals surface area (Å²) in [6.45, 7) is 1.18. The van der Waals surface area contributed by atoms with Gasteiger partial charge in [-0.2, -0.15) is 8.78 Å². The summed E-state index contributed by atoms with van der Waals surface area (Å²) in [6.07, 6.45) is 3.01. The fourth-order valence-electron chi connectivity index (χ4n) is 2.46. The molecule has 20 heavy (non-hydrogen) atoms. The van der Waals surface area contributed by atoms with Crippen molar-refractivity contribution in [3.8, 4) is 0 Å². The fraction of sp³-hybridized carbons (Fsp3) is 0.500. The summed E-state index contributed by atoms with van der Waals surface area (Å²) in [5, 5.41) is 0. The first kappa shape index (κ1) is 15.3. The molecule has 1 aromatic carbocycles. The van der Waals surface area contributed by atoms with Crippen molar-refractivity contribution < 1.29 is 13.6 Å². The van der Waals surface area contributed by atoms with Crippen LogP contribution in [0.4, 0.5) is 8.78 Å². The minimum atomic E-state index is -2.44. The molecule has 1 heterocycles. The summed E-state index contributed by atoms with van der Waals surface area (Å²) in [6, 6.07) is 6.42. The molecule has 0 aromatic heterocycles. The van der Waals surface area contributed by atoms with Crippen LogP contribution in [-0.2, 0) is 0 Å². The molecule has 1 atom stereocenters. The molecule has 2 rings (SSSR count). The Labute approximate surface area is 121 Å². The van der Waals surface area contributed by atoms with E-state index in [9.17, 15) is 13.6 Å². The van der Waals surface area contributed by atoms with Gasteiger partial charge < -0.3 is 10.6 Å². The first-order valence-corrected chi connectivity index (χ1v) is 7.55. The van der Waals surface area contributed by atoms with E-state index in [1.54, 1.807) is 29.2 Å². The molecule has 3 nitrogen and oxygen atoms in total. The van der Waals surface area contributed by atoms with Gasteiger partial charge in [-0.05, 0) is 43.5 Å². The molecule has 1 amide bonds. The standard InChI is InChI=1S/C14H18F2N2OS/c15-14(16)20-12-6-4-10(5-7-12)13(19)18-8-2-1-3-11(18)9-17/h4-7,11,14H,1-3,8-9,17H2. The minimum absolute atomic E-state index is 0.0613. The van der Waals surface area contributed by atoms with E-state index in [0.29, 0.717) is 35.3 Å². The number of piperidine rings is 1. The molecule has 0 saturated carbocycles. The Bertz CT molecular complexity index is 453. The zero-order valence-corrected chi connectivity index (χ0v) is 11.9. The number of alkyl halides is 2. The number of carbonyl (C=O) groups excluding carboxylic acids is 1. The number of hydrogen-bond donors (Lipinski definition) is 1. The number of hydrogen-bond acceptors (Lipinski definition) is 3. The van der Waals surface area contributed by atoms with Gasteiger partial charge in [0.15, 0.2) is 0 Å². The molecule has 1 aromatic rings. The number of nitrogens with zero attached hydrogens (tertiary/aromatic N) is 1. The van der Waals surface area contributed by atoms with Gasteiger partial charge in [0.05, 0.1) is 0 Å². The van der Waals surface area contributed by atoms with Crippen LogP contribution in [0, 0.1) is 0 Å². The molecule has 110 valence electrons. The number of benzene rings is 1. The van der Waals surface area contributed by atoms with Crippen molar-refractivity contribution in [1.29, 1.82) is 0 Å². The molecule has 2 N–H and O–H groups in total. The Balaban J connectivity index is 2.08. The molecule has 6 heteroatoms. The predicted octanol–water partition coefficient (Wildman–Crippen LogP) is 2.95. The summed E-state index contributed by atoms with van der Waals surface area (Å²) in [4.78, 5) is 14.7. The molecular formula is C14H18F2N2OS. The third-order valence-corrected chi connectivity index (χ3v) is 4.21. The first-order chi connectivity index (χ1) is 9.61. The number of nitrogens with two attached hydrogens (primary N) is 1. The van der Waals surface area contributed by atoms with Crippen molar-refractivity contribution in [2.45, 2.75) is 36.0 Å². The number of halogens is 2. The van der Waals surface area contributed by atoms with E-state index in [4.69, 9.17) is 5.73 Å². The summed E-state index contributed by atoms with van der Waals surface area (Å²) in [5.41, 5.74) is 6.24. The largest absolute Gasteiger partial charge is 0.334 e. The summed E-state index contributed by atoms with van der Waals surface area (Å²) >= 11 is 0.481. The maximum Gasteiger partial charge on any atom is 0.288 e. The number of likely N-dealkylation sites (tertiary alicyclic amines) is 1. The van der Waals surface area contributed by atoms with Crippen LogP contribution in [0.5, 0.6) is 0 Å². The van der Waals surface area contributed by atoms with E-state index >= 15 is 0 Å². The number of amides is 1. The van der Waals surface area contributed by atoms with E-state index in [1.807, 2.05) is 0 Å². The second-order valence-electron chi connectivity index (χ2n) is 4.79. The smallest absolute Gasteiger partial charge is 0.288 e. The van der Waals surface area contributed by atoms with Crippen LogP contribution in [0.2, 0.25) is 0 Å². The van der Waals surface area contributed by atoms with Gasteiger partial charge in [0.25, 0.3) is 11.7 Å². The van der Waals surface area contributed by atoms with E-state index in [-0.39, 0.29) is 11.9 Å². The lowest BCUT2D eigenvalue weighted by atomic mass is 10.0. The van der Waals surface area contributed by atoms with Crippen molar-refractivity contribution in [2.24, 2.45) is 5.73 Å². The van der Waals surface area contributed by atoms with Crippen molar-refractivity contribution in [1.82, 2.24) is 4.90 Å². The average molecular weight is 300 g/mol. The minimum Gasteiger partial charge on any atom is -0.334 e. The molecule has 0 spiro atoms. The van der Waals surface area contributed by atoms with Crippen LogP contribution in [-0.4, -0.2) is 35.7 Å². The first-order valence-electron chi connectivity index (χ1n) is 6.67. The summed E-state index contributed by atoms with van der Waals surface area (Å²) < 4.78 is 24.5. The molecule has 0 radical (unpaired) electrons. The van der Waals surface area contributed by atoms with Gasteiger partial charge >= 0.3 is 0 Å². The Morgan fingerprint density at radius 2 is 2.05 bits per heavy atom. The molecule has 0 aliphatic carbocycles. The van der Waals surface area contributed by atoms with Gasteiger partial charge in [-0.25, -0.2) is 0 Å². The van der Waals surface area contributed by atoms with E-state index in [1.165, 1.54) is 0 Å². The Hall–Kier alpha value is -1.14. The molecule has 1 aliphatic rings. The summed E-state index contributed by atoms with van der Waals surface area (Å²) in [5.74, 6) is -2.51. The molecule has 1 unspecified atom stereocenters. The highest BCUT2D eigenvalue weighted by Crippen LogP contribution is 2.26. The van der Waals surface area contributed by atoms with Gasteiger partial charge in [0, 0.05) is 29.6 Å². The van der Waals surface area contributed by atoms with Crippen LogP contribution in [0.3, 0.4) is 0 Å². The zero-order valence-electron chi connectivity index (χ0n) is 11.1. The fourth-order valence-corrected chi connectivity index (χ4v) is 2.96. The molecule has 0 bridgehead atoms. The van der Waals surface area contributed by atoms with Gasteiger partial charge in [-0.1, -0.05) is 11.8 Å². The maximum absolute atomic E-state index is 12.4. The number of thioether (sulfide) groups is 1. The number of rotatable bonds is 4. The molecular weight excluding hydrogens is 282 g/mol. The van der Waals surface area contributed by atoms with E-state index in [2.05, 4.69) is 0 Å². The SMILES string of the molecule is NCC1CCCCN1C(=O)c1ccc(SC(F)F)cc1. The quantitative estimate of drug-likeness (QED) is 0.870. The van der Waals surface area contributed by atoms with Crippen molar-refractivity contribution in [3.63, 3.8) is 0 Å². The van der Waals surface area contributed by atoms with Crippen molar-refractivity contribution in [2.75, 3.05) is 13.1 Å². The van der Waals surface area contributed by atoms with Crippen molar-refractivity contribution >= 4 is 17.7 Å². The van der Waals surface area contributed by atoms with E-state index in [0.717, 1.165) is 19.3 Å². The predicted molar refractivity (Wildman–Crippen MR) is 76.0 cm³/mol. The van der Waals surface area contributed by atoms with E-state index < -0.39 is 5.76 Å². The highest BCUT2D eigenvalue weighted by Gasteiger charge is 2.26. The topological polar surface area (TPSA) is 46.3 Å². The summed E-state index contributed by atoms with van der Waals surface area (Å²) in [7, 11) is 0. The lowest BCUT2D eigenvalue weighted by molar-refractivity contribution is 0.0623. The lowest BCUT2D eigenvalue weighted by Crippen LogP contribution is -2.47. The van der Waals surface area contributed by atoms with Crippen molar-refractivity contribution in [3.05, 3.63) is 29.8 Å². The molecule has 1 saturated heterocycles. The van der Waals surface area contributed by atoms with Crippen LogP contribution >= 0.6 is 11.8 Å². The van der Waals surface area contributed by atoms with Gasteiger partial charge in [-0.15, -0.1) is 0 Å². The normalized spacial score (nSPS) is 19.4. The van der Waals surface area contributed by atoms with Crippen LogP contribution < -0.4 is 5.73 Å². The van der Waals surface area contributed by atoms with Gasteiger partial charge in [0.1, 0.15) is 0 Å². The second-order valence-corrected chi connectivity index (χ2v) is 5.85. The number of carbonyl (C=O) groups is 1. The Morgan fingerprint density at radius 1 is 1.35 bits per heavy atom. The lowest BCUT2D eigenvalue weighted by Gasteiger charge is -2.35. The van der Waals surface area contributed by atoms with Gasteiger partial charge in [0.2, 0.25) is 0 Å². The molecule has 1 aliphatic heterocycles. The third kappa shape index (κ3) is 3.70. The van der Waals surface area contributed by atoms with Crippen LogP contribution in [0.15, 0.2) is 29.2 Å². The average Bonchev–Trinajstić information content (AvgIpc) is 2.46. The highest BCUT2D eigenvalue weighted by atomic mass is 32.2. The van der Waals surface area contributed by atoms with Crippen LogP contribution in [0.1, 0.15) is 29.6 Å². The Morgan fingerprint density at radius 3 is 2.65 bits per heavy atom. The zero-order chi connectivity index (χ0) is 14.5. The third-order valence-electron chi connectivity index (χ3n) is 3.49. The van der Waals surface area contributed by atoms with Crippen LogP contribution in [0.25, 0.3) is 0 Å². The molecule has 1 fully saturated rings.